The van der Waals surface area contributed by atoms with E-state index in [0.29, 0.717) is 11.6 Å². The Balaban J connectivity index is 1.72. The summed E-state index contributed by atoms with van der Waals surface area (Å²) in [5.74, 6) is 2.09. The number of aryl methyl sites for hydroxylation is 1. The number of aromatic amines is 2. The van der Waals surface area contributed by atoms with Gasteiger partial charge < -0.3 is 4.98 Å². The third-order valence-electron chi connectivity index (χ3n) is 2.49. The van der Waals surface area contributed by atoms with E-state index in [0.717, 1.165) is 16.5 Å². The molecule has 7 nitrogen and oxygen atoms in total. The van der Waals surface area contributed by atoms with Crippen LogP contribution >= 0.6 is 11.8 Å². The van der Waals surface area contributed by atoms with Crippen molar-refractivity contribution >= 4 is 11.8 Å². The SMILES string of the molecule is Cc1cccc(-c2nnc(SCc3nnn[nH]3)[nH]2)c1. The first-order valence-electron chi connectivity index (χ1n) is 5.66. The van der Waals surface area contributed by atoms with Crippen molar-refractivity contribution in [3.63, 3.8) is 0 Å². The van der Waals surface area contributed by atoms with Gasteiger partial charge in [0.05, 0.1) is 5.75 Å². The first-order valence-corrected chi connectivity index (χ1v) is 6.65. The van der Waals surface area contributed by atoms with Gasteiger partial charge in [0.2, 0.25) is 0 Å². The molecule has 3 aromatic rings. The molecule has 0 atom stereocenters. The lowest BCUT2D eigenvalue weighted by Gasteiger charge is -1.97. The zero-order valence-electron chi connectivity index (χ0n) is 10.2. The molecule has 2 heterocycles. The molecular weight excluding hydrogens is 262 g/mol. The molecule has 0 radical (unpaired) electrons. The zero-order valence-corrected chi connectivity index (χ0v) is 11.0. The fourth-order valence-electron chi connectivity index (χ4n) is 1.61. The largest absolute Gasteiger partial charge is 0.316 e. The molecule has 8 heteroatoms. The summed E-state index contributed by atoms with van der Waals surface area (Å²) in [6.45, 7) is 2.05. The summed E-state index contributed by atoms with van der Waals surface area (Å²) in [6, 6.07) is 8.12. The second kappa shape index (κ2) is 5.19. The molecule has 0 bridgehead atoms. The van der Waals surface area contributed by atoms with Gasteiger partial charge in [0.1, 0.15) is 0 Å². The van der Waals surface area contributed by atoms with Crippen molar-refractivity contribution in [2.75, 3.05) is 0 Å². The Labute approximate surface area is 113 Å². The van der Waals surface area contributed by atoms with Crippen LogP contribution in [0.15, 0.2) is 29.4 Å². The van der Waals surface area contributed by atoms with E-state index in [4.69, 9.17) is 0 Å². The van der Waals surface area contributed by atoms with E-state index in [2.05, 4.69) is 41.9 Å². The van der Waals surface area contributed by atoms with Crippen molar-refractivity contribution in [3.05, 3.63) is 35.7 Å². The highest BCUT2D eigenvalue weighted by atomic mass is 32.2. The highest BCUT2D eigenvalue weighted by Gasteiger charge is 2.07. The van der Waals surface area contributed by atoms with Gasteiger partial charge in [0.25, 0.3) is 0 Å². The molecule has 0 aliphatic rings. The van der Waals surface area contributed by atoms with Crippen LogP contribution in [0.3, 0.4) is 0 Å². The standard InChI is InChI=1S/C11H11N7S/c1-7-3-2-4-8(5-7)10-12-11(16-15-10)19-6-9-13-17-18-14-9/h2-5H,6H2,1H3,(H,12,15,16)(H,13,14,17,18). The van der Waals surface area contributed by atoms with Crippen molar-refractivity contribution in [1.29, 1.82) is 0 Å². The van der Waals surface area contributed by atoms with E-state index in [1.165, 1.54) is 17.3 Å². The Morgan fingerprint density at radius 2 is 2.16 bits per heavy atom. The van der Waals surface area contributed by atoms with Gasteiger partial charge in [-0.25, -0.2) is 5.10 Å². The Morgan fingerprint density at radius 3 is 2.95 bits per heavy atom. The lowest BCUT2D eigenvalue weighted by Crippen LogP contribution is -1.85. The molecule has 0 aliphatic carbocycles. The Morgan fingerprint density at radius 1 is 1.21 bits per heavy atom. The number of H-pyrrole nitrogens is 2. The highest BCUT2D eigenvalue weighted by molar-refractivity contribution is 7.98. The van der Waals surface area contributed by atoms with E-state index < -0.39 is 0 Å². The van der Waals surface area contributed by atoms with Crippen molar-refractivity contribution in [2.45, 2.75) is 17.8 Å². The quantitative estimate of drug-likeness (QED) is 0.701. The number of tetrazole rings is 1. The molecule has 3 rings (SSSR count). The lowest BCUT2D eigenvalue weighted by molar-refractivity contribution is 0.881. The van der Waals surface area contributed by atoms with Gasteiger partial charge in [-0.2, -0.15) is 0 Å². The topological polar surface area (TPSA) is 96.0 Å². The van der Waals surface area contributed by atoms with Crippen molar-refractivity contribution in [2.24, 2.45) is 0 Å². The summed E-state index contributed by atoms with van der Waals surface area (Å²) in [6.07, 6.45) is 0. The van der Waals surface area contributed by atoms with Crippen LogP contribution in [0.5, 0.6) is 0 Å². The number of thioether (sulfide) groups is 1. The van der Waals surface area contributed by atoms with E-state index in [-0.39, 0.29) is 0 Å². The number of hydrogen-bond donors (Lipinski definition) is 2. The molecule has 1 aromatic carbocycles. The predicted molar refractivity (Wildman–Crippen MR) is 70.3 cm³/mol. The minimum absolute atomic E-state index is 0.620. The van der Waals surface area contributed by atoms with Crippen LogP contribution < -0.4 is 0 Å². The fraction of sp³-hybridized carbons (Fsp3) is 0.182. The summed E-state index contributed by atoms with van der Waals surface area (Å²) in [7, 11) is 0. The van der Waals surface area contributed by atoms with Crippen LogP contribution in [0.25, 0.3) is 11.4 Å². The van der Waals surface area contributed by atoms with Gasteiger partial charge in [-0.05, 0) is 23.4 Å². The van der Waals surface area contributed by atoms with Crippen LogP contribution in [0.1, 0.15) is 11.4 Å². The average Bonchev–Trinajstić information content (AvgIpc) is 3.08. The highest BCUT2D eigenvalue weighted by Crippen LogP contribution is 2.21. The van der Waals surface area contributed by atoms with E-state index >= 15 is 0 Å². The Hall–Kier alpha value is -2.22. The summed E-state index contributed by atoms with van der Waals surface area (Å²) in [5.41, 5.74) is 2.22. The summed E-state index contributed by atoms with van der Waals surface area (Å²) >= 11 is 1.49. The smallest absolute Gasteiger partial charge is 0.189 e. The maximum atomic E-state index is 4.14. The molecule has 19 heavy (non-hydrogen) atoms. The van der Waals surface area contributed by atoms with Crippen LogP contribution in [0.2, 0.25) is 0 Å². The molecular formula is C11H11N7S. The van der Waals surface area contributed by atoms with Crippen molar-refractivity contribution in [1.82, 2.24) is 35.8 Å². The van der Waals surface area contributed by atoms with Gasteiger partial charge in [0, 0.05) is 5.56 Å². The van der Waals surface area contributed by atoms with Crippen LogP contribution in [0.4, 0.5) is 0 Å². The molecule has 0 aliphatic heterocycles. The predicted octanol–water partition coefficient (Wildman–Crippen LogP) is 1.59. The fourth-order valence-corrected chi connectivity index (χ4v) is 2.27. The van der Waals surface area contributed by atoms with E-state index in [1.54, 1.807) is 0 Å². The molecule has 0 amide bonds. The minimum atomic E-state index is 0.620. The van der Waals surface area contributed by atoms with Gasteiger partial charge in [-0.3, -0.25) is 0 Å². The summed E-state index contributed by atoms with van der Waals surface area (Å²) < 4.78 is 0. The van der Waals surface area contributed by atoms with Crippen LogP contribution in [0, 0.1) is 6.92 Å². The molecule has 0 spiro atoms. The number of rotatable bonds is 4. The van der Waals surface area contributed by atoms with Crippen molar-refractivity contribution in [3.8, 4) is 11.4 Å². The lowest BCUT2D eigenvalue weighted by atomic mass is 10.1. The van der Waals surface area contributed by atoms with Crippen LogP contribution in [-0.2, 0) is 5.75 Å². The number of hydrogen-bond acceptors (Lipinski definition) is 6. The maximum absolute atomic E-state index is 4.14. The van der Waals surface area contributed by atoms with Gasteiger partial charge in [0.15, 0.2) is 16.8 Å². The molecule has 0 unspecified atom stereocenters. The average molecular weight is 273 g/mol. The third-order valence-corrected chi connectivity index (χ3v) is 3.37. The first-order chi connectivity index (χ1) is 9.31. The third kappa shape index (κ3) is 2.79. The van der Waals surface area contributed by atoms with E-state index in [9.17, 15) is 0 Å². The Bertz CT molecular complexity index is 661. The van der Waals surface area contributed by atoms with Gasteiger partial charge in [-0.15, -0.1) is 15.3 Å². The number of nitrogens with zero attached hydrogens (tertiary/aromatic N) is 5. The van der Waals surface area contributed by atoms with E-state index in [1.807, 2.05) is 25.1 Å². The van der Waals surface area contributed by atoms with Crippen LogP contribution in [-0.4, -0.2) is 35.8 Å². The normalized spacial score (nSPS) is 10.8. The Kier molecular flexibility index (Phi) is 3.23. The van der Waals surface area contributed by atoms with Gasteiger partial charge >= 0.3 is 0 Å². The molecule has 0 fully saturated rings. The summed E-state index contributed by atoms with van der Waals surface area (Å²) in [4.78, 5) is 3.18. The molecule has 96 valence electrons. The first kappa shape index (κ1) is 11.8. The van der Waals surface area contributed by atoms with Crippen molar-refractivity contribution < 1.29 is 0 Å². The number of aromatic nitrogens is 7. The molecule has 2 aromatic heterocycles. The summed E-state index contributed by atoms with van der Waals surface area (Å²) in [5, 5.41) is 22.5. The zero-order chi connectivity index (χ0) is 13.1. The molecule has 0 saturated heterocycles. The number of nitrogens with one attached hydrogen (secondary N) is 2. The molecule has 2 N–H and O–H groups in total. The number of benzene rings is 1. The van der Waals surface area contributed by atoms with Gasteiger partial charge in [-0.1, -0.05) is 35.5 Å². The second-order valence-electron chi connectivity index (χ2n) is 3.98. The second-order valence-corrected chi connectivity index (χ2v) is 4.95. The minimum Gasteiger partial charge on any atom is -0.316 e. The maximum Gasteiger partial charge on any atom is 0.189 e. The molecule has 0 saturated carbocycles. The monoisotopic (exact) mass is 273 g/mol.